The lowest BCUT2D eigenvalue weighted by Gasteiger charge is -2.31. The highest BCUT2D eigenvalue weighted by molar-refractivity contribution is 6.29. The van der Waals surface area contributed by atoms with E-state index in [9.17, 15) is 19.2 Å². The van der Waals surface area contributed by atoms with E-state index in [1.165, 1.54) is 17.8 Å². The highest BCUT2D eigenvalue weighted by Gasteiger charge is 2.50. The molecule has 296 valence electrons. The molecule has 1 fully saturated rings. The lowest BCUT2D eigenvalue weighted by Crippen LogP contribution is -2.52. The van der Waals surface area contributed by atoms with Gasteiger partial charge in [-0.05, 0) is 83.8 Å². The molecular weight excluding hydrogens is 745 g/mol. The minimum Gasteiger partial charge on any atom is -0.463 e. The van der Waals surface area contributed by atoms with Gasteiger partial charge in [-0.2, -0.15) is 20.1 Å². The Balaban J connectivity index is 1.46. The van der Waals surface area contributed by atoms with Gasteiger partial charge in [-0.1, -0.05) is 25.1 Å². The van der Waals surface area contributed by atoms with Crippen LogP contribution in [0.1, 0.15) is 74.1 Å². The lowest BCUT2D eigenvalue weighted by molar-refractivity contribution is -0.182. The molecule has 0 bridgehead atoms. The molecule has 20 heteroatoms. The van der Waals surface area contributed by atoms with Crippen LogP contribution < -0.4 is 4.90 Å². The molecule has 1 saturated heterocycles. The first kappa shape index (κ1) is 41.0. The average Bonchev–Trinajstić information content (AvgIpc) is 3.82. The zero-order valence-electron chi connectivity index (χ0n) is 31.8. The van der Waals surface area contributed by atoms with Crippen molar-refractivity contribution in [2.75, 3.05) is 18.1 Å². The van der Waals surface area contributed by atoms with Crippen molar-refractivity contribution in [1.82, 2.24) is 40.1 Å². The Hall–Kier alpha value is -5.14. The summed E-state index contributed by atoms with van der Waals surface area (Å²) in [5.74, 6) is -2.50. The number of esters is 1. The topological polar surface area (TPSA) is 216 Å². The van der Waals surface area contributed by atoms with Crippen molar-refractivity contribution in [3.63, 3.8) is 0 Å². The van der Waals surface area contributed by atoms with Crippen molar-refractivity contribution in [1.29, 1.82) is 0 Å². The number of aromatic amines is 1. The molecule has 18 nitrogen and oxygen atoms in total. The van der Waals surface area contributed by atoms with Crippen LogP contribution in [0.2, 0.25) is 5.28 Å². The van der Waals surface area contributed by atoms with Crippen LogP contribution in [0.25, 0.3) is 22.6 Å². The summed E-state index contributed by atoms with van der Waals surface area (Å²) >= 11 is 6.33. The number of rotatable bonds is 11. The van der Waals surface area contributed by atoms with Gasteiger partial charge in [0.2, 0.25) is 16.7 Å². The molecule has 1 aliphatic rings. The van der Waals surface area contributed by atoms with Gasteiger partial charge >= 0.3 is 18.2 Å². The molecule has 5 rings (SSSR count). The molecule has 0 aliphatic carbocycles. The Morgan fingerprint density at radius 3 is 2.31 bits per heavy atom. The van der Waals surface area contributed by atoms with Crippen molar-refractivity contribution in [3.8, 4) is 11.4 Å². The second-order valence-corrected chi connectivity index (χ2v) is 15.2. The van der Waals surface area contributed by atoms with Gasteiger partial charge in [0, 0.05) is 17.9 Å². The molecule has 1 N–H and O–H groups in total. The number of imide groups is 1. The van der Waals surface area contributed by atoms with Crippen molar-refractivity contribution in [3.05, 3.63) is 41.4 Å². The van der Waals surface area contributed by atoms with E-state index in [1.807, 2.05) is 0 Å². The molecule has 0 spiro atoms. The predicted molar refractivity (Wildman–Crippen MR) is 193 cm³/mol. The third-order valence-electron chi connectivity index (χ3n) is 8.34. The summed E-state index contributed by atoms with van der Waals surface area (Å²) in [6.45, 7) is 13.6. The number of benzene rings is 1. The third-order valence-corrected chi connectivity index (χ3v) is 8.51. The number of fused-ring (bicyclic) bond motifs is 1. The molecule has 1 aliphatic heterocycles. The highest BCUT2D eigenvalue weighted by atomic mass is 35.5. The molecule has 4 aromatic rings. The van der Waals surface area contributed by atoms with E-state index in [0.717, 1.165) is 0 Å². The van der Waals surface area contributed by atoms with E-state index >= 15 is 4.39 Å². The summed E-state index contributed by atoms with van der Waals surface area (Å²) in [5.41, 5.74) is -3.27. The van der Waals surface area contributed by atoms with Crippen molar-refractivity contribution < 1.29 is 47.3 Å². The minimum atomic E-state index is -2.12. The standard InChI is InChI=1S/C35H43ClFN9O9/c1-10-51-29(48)35(19(3)47,15-20-12-11-13-21(14-20)25-41-43-44-42-25)52-16-22-18(2)23(37)28(53-22)45-17-38-24-26(45)39-30(36)40-27(24)46(31(49)54-33(4,5)6)32(50)55-34(7,8)9/h11-14,17-18,22-23,28H,10,15-16H2,1-9H3,(H,41,42,43,44)/t18-,22-,23+,28-,35?/m1/s1. The van der Waals surface area contributed by atoms with Crippen LogP contribution >= 0.6 is 11.6 Å². The summed E-state index contributed by atoms with van der Waals surface area (Å²) in [6, 6.07) is 6.82. The van der Waals surface area contributed by atoms with E-state index in [2.05, 4.69) is 35.6 Å². The summed E-state index contributed by atoms with van der Waals surface area (Å²) < 4.78 is 46.1. The number of tetrazole rings is 1. The molecule has 0 saturated carbocycles. The van der Waals surface area contributed by atoms with Crippen molar-refractivity contribution in [2.24, 2.45) is 5.92 Å². The molecule has 1 aromatic carbocycles. The Morgan fingerprint density at radius 2 is 1.73 bits per heavy atom. The number of nitrogens with zero attached hydrogens (tertiary/aromatic N) is 8. The monoisotopic (exact) mass is 787 g/mol. The zero-order chi connectivity index (χ0) is 40.5. The highest BCUT2D eigenvalue weighted by Crippen LogP contribution is 2.40. The number of H-pyrrole nitrogens is 1. The fraction of sp³-hybridized carbons (Fsp3) is 0.543. The Bertz CT molecular complexity index is 2020. The Labute approximate surface area is 320 Å². The van der Waals surface area contributed by atoms with E-state index in [-0.39, 0.29) is 30.0 Å². The average molecular weight is 788 g/mol. The Kier molecular flexibility index (Phi) is 11.9. The second-order valence-electron chi connectivity index (χ2n) is 14.8. The predicted octanol–water partition coefficient (Wildman–Crippen LogP) is 5.36. The summed E-state index contributed by atoms with van der Waals surface area (Å²) in [5, 5.41) is 13.5. The number of carbonyl (C=O) groups excluding carboxylic acids is 4. The van der Waals surface area contributed by atoms with E-state index in [0.29, 0.717) is 21.9 Å². The number of ketones is 1. The third kappa shape index (κ3) is 9.05. The maximum absolute atomic E-state index is 16.3. The normalized spacial score (nSPS) is 19.8. The van der Waals surface area contributed by atoms with E-state index in [4.69, 9.17) is 35.3 Å². The maximum Gasteiger partial charge on any atom is 0.425 e. The zero-order valence-corrected chi connectivity index (χ0v) is 32.6. The van der Waals surface area contributed by atoms with Crippen LogP contribution in [0.5, 0.6) is 0 Å². The number of hydrogen-bond donors (Lipinski definition) is 1. The van der Waals surface area contributed by atoms with Gasteiger partial charge in [0.1, 0.15) is 11.2 Å². The van der Waals surface area contributed by atoms with Gasteiger partial charge < -0.3 is 23.7 Å². The molecule has 2 amide bonds. The number of halogens is 2. The van der Waals surface area contributed by atoms with Crippen LogP contribution in [-0.2, 0) is 39.7 Å². The van der Waals surface area contributed by atoms with Crippen LogP contribution in [0.15, 0.2) is 30.6 Å². The van der Waals surface area contributed by atoms with Gasteiger partial charge in [-0.15, -0.1) is 10.2 Å². The maximum atomic E-state index is 16.3. The fourth-order valence-electron chi connectivity index (χ4n) is 5.75. The number of nitrogens with one attached hydrogen (secondary N) is 1. The number of amides is 2. The summed E-state index contributed by atoms with van der Waals surface area (Å²) in [6.07, 6.45) is -5.39. The van der Waals surface area contributed by atoms with E-state index < -0.39 is 77.1 Å². The first-order chi connectivity index (χ1) is 25.7. The van der Waals surface area contributed by atoms with Gasteiger partial charge in [0.25, 0.3) is 0 Å². The smallest absolute Gasteiger partial charge is 0.425 e. The number of aromatic nitrogens is 8. The number of Topliss-reactive ketones (excluding diaryl/α,β-unsaturated/α-hetero) is 1. The molecule has 1 unspecified atom stereocenters. The van der Waals surface area contributed by atoms with Gasteiger partial charge in [-0.3, -0.25) is 9.36 Å². The van der Waals surface area contributed by atoms with Crippen LogP contribution in [-0.4, -0.2) is 106 Å². The number of ether oxygens (including phenoxy) is 5. The minimum absolute atomic E-state index is 0.0372. The molecule has 4 heterocycles. The number of anilines is 1. The number of alkyl halides is 1. The van der Waals surface area contributed by atoms with Gasteiger partial charge in [-0.25, -0.2) is 23.8 Å². The van der Waals surface area contributed by atoms with Crippen LogP contribution in [0.3, 0.4) is 0 Å². The van der Waals surface area contributed by atoms with Gasteiger partial charge in [0.15, 0.2) is 35.2 Å². The molecular formula is C35H43ClFN9O9. The molecule has 55 heavy (non-hydrogen) atoms. The van der Waals surface area contributed by atoms with Crippen molar-refractivity contribution >= 4 is 52.5 Å². The Morgan fingerprint density at radius 1 is 1.05 bits per heavy atom. The number of imidazole rings is 1. The summed E-state index contributed by atoms with van der Waals surface area (Å²) in [4.78, 5) is 66.9. The largest absolute Gasteiger partial charge is 0.463 e. The molecule has 3 aromatic heterocycles. The second kappa shape index (κ2) is 15.9. The summed E-state index contributed by atoms with van der Waals surface area (Å²) in [7, 11) is 0. The van der Waals surface area contributed by atoms with Crippen LogP contribution in [0.4, 0.5) is 19.8 Å². The van der Waals surface area contributed by atoms with Gasteiger partial charge in [0.05, 0.1) is 25.6 Å². The quantitative estimate of drug-likeness (QED) is 0.0876. The number of hydrogen-bond acceptors (Lipinski definition) is 15. The van der Waals surface area contributed by atoms with E-state index in [1.54, 1.807) is 79.7 Å². The first-order valence-corrected chi connectivity index (χ1v) is 17.7. The molecule has 0 radical (unpaired) electrons. The fourth-order valence-corrected chi connectivity index (χ4v) is 5.91. The van der Waals surface area contributed by atoms with Crippen molar-refractivity contribution in [2.45, 2.75) is 104 Å². The first-order valence-electron chi connectivity index (χ1n) is 17.3. The SMILES string of the molecule is CCOC(=O)C(Cc1cccc(-c2nn[nH]n2)c1)(OC[C@H]1O[C@@H](n2cnc3c(N(C(=O)OC(C)(C)C)C(=O)OC(C)(C)C)nc(Cl)nc32)[C@@H](F)[C@@H]1C)C(C)=O. The number of carbonyl (C=O) groups is 4. The lowest BCUT2D eigenvalue weighted by atomic mass is 9.89. The van der Waals surface area contributed by atoms with Crippen LogP contribution in [0, 0.1) is 5.92 Å². The molecule has 5 atom stereocenters.